The average molecular weight is 469 g/mol. The second-order valence-corrected chi connectivity index (χ2v) is 11.5. The molecule has 1 atom stereocenters. The van der Waals surface area contributed by atoms with Crippen LogP contribution in [-0.2, 0) is 26.2 Å². The Balaban J connectivity index is 0.000000630. The molecular weight excluding hydrogens is 442 g/mol. The standard InChI is InChI=1S/C16H21Si.C5H5.2ClH.Zr/c1-2-3-11-17(12-6-13-17)16-10-9-14-7-4-5-8-15(14)16;1-2-4-5-3-1;;;/h4-5,7-9,16H,2-3,6,11-13H2,1H3;1-3H,4H2;2*1H;/q2*-1;;;+4/p-2. The van der Waals surface area contributed by atoms with Gasteiger partial charge < -0.3 is 24.8 Å². The Bertz CT molecular complexity index is 581. The number of hydrogen-bond acceptors (Lipinski definition) is 0. The number of fused-ring (bicyclic) bond motifs is 1. The fraction of sp³-hybridized carbons (Fsp3) is 0.429. The third-order valence-electron chi connectivity index (χ3n) is 5.29. The Hall–Kier alpha value is 0.120. The van der Waals surface area contributed by atoms with E-state index in [1.807, 2.05) is 12.2 Å². The van der Waals surface area contributed by atoms with E-state index < -0.39 is 8.07 Å². The van der Waals surface area contributed by atoms with Crippen LogP contribution in [0.3, 0.4) is 0 Å². The number of benzene rings is 1. The Morgan fingerprint density at radius 1 is 1.16 bits per heavy atom. The van der Waals surface area contributed by atoms with Crippen LogP contribution in [0.15, 0.2) is 42.5 Å². The van der Waals surface area contributed by atoms with Gasteiger partial charge in [-0.25, -0.2) is 18.2 Å². The molecule has 0 bridgehead atoms. The van der Waals surface area contributed by atoms with Crippen LogP contribution in [0.25, 0.3) is 6.08 Å². The maximum absolute atomic E-state index is 3.71. The molecule has 4 rings (SSSR count). The van der Waals surface area contributed by atoms with Gasteiger partial charge in [-0.15, -0.1) is 18.1 Å². The van der Waals surface area contributed by atoms with E-state index in [2.05, 4.69) is 55.5 Å². The van der Waals surface area contributed by atoms with Crippen LogP contribution in [0.5, 0.6) is 0 Å². The SMILES string of the molecule is CCCC[Si]1(C2[C-]=Cc3ccccc32)CCC1.[C-]1=CC=CC1.[Cl-].[Cl-].[Zr+4]. The van der Waals surface area contributed by atoms with E-state index in [9.17, 15) is 0 Å². The van der Waals surface area contributed by atoms with Crippen LogP contribution in [0, 0.1) is 12.2 Å². The Morgan fingerprint density at radius 3 is 2.44 bits per heavy atom. The third-order valence-corrected chi connectivity index (χ3v) is 11.0. The molecule has 0 amide bonds. The molecule has 0 nitrogen and oxygen atoms in total. The molecule has 0 spiro atoms. The molecule has 1 aromatic rings. The first-order chi connectivity index (χ1) is 10.9. The molecule has 3 aliphatic rings. The summed E-state index contributed by atoms with van der Waals surface area (Å²) in [4.78, 5) is 0. The van der Waals surface area contributed by atoms with Crippen molar-refractivity contribution in [3.8, 4) is 0 Å². The Kier molecular flexibility index (Phi) is 12.6. The molecule has 4 heteroatoms. The minimum Gasteiger partial charge on any atom is -1.00 e. The van der Waals surface area contributed by atoms with Crippen LogP contribution in [0.2, 0.25) is 18.1 Å². The number of rotatable bonds is 4. The number of unbranched alkanes of at least 4 members (excludes halogenated alkanes) is 1. The molecule has 25 heavy (non-hydrogen) atoms. The van der Waals surface area contributed by atoms with Gasteiger partial charge in [0.2, 0.25) is 0 Å². The van der Waals surface area contributed by atoms with Crippen LogP contribution >= 0.6 is 0 Å². The summed E-state index contributed by atoms with van der Waals surface area (Å²) in [6, 6.07) is 13.6. The van der Waals surface area contributed by atoms with E-state index in [1.54, 1.807) is 17.7 Å². The van der Waals surface area contributed by atoms with E-state index in [1.165, 1.54) is 30.9 Å². The van der Waals surface area contributed by atoms with Crippen LogP contribution < -0.4 is 24.8 Å². The minimum atomic E-state index is -1.02. The van der Waals surface area contributed by atoms with Gasteiger partial charge in [-0.05, 0) is 0 Å². The second-order valence-electron chi connectivity index (χ2n) is 6.70. The summed E-state index contributed by atoms with van der Waals surface area (Å²) in [5.74, 6) is 0. The monoisotopic (exact) mass is 466 g/mol. The van der Waals surface area contributed by atoms with Crippen molar-refractivity contribution in [3.63, 3.8) is 0 Å². The fourth-order valence-electron chi connectivity index (χ4n) is 3.86. The molecule has 1 fully saturated rings. The molecule has 0 saturated carbocycles. The van der Waals surface area contributed by atoms with Crippen molar-refractivity contribution in [2.24, 2.45) is 0 Å². The molecule has 2 aliphatic carbocycles. The molecule has 1 aromatic carbocycles. The van der Waals surface area contributed by atoms with E-state index in [0.717, 1.165) is 12.0 Å². The normalized spacial score (nSPS) is 20.1. The molecule has 1 heterocycles. The minimum absolute atomic E-state index is 0. The number of allylic oxidation sites excluding steroid dienone is 5. The average Bonchev–Trinajstić information content (AvgIpc) is 3.20. The first-order valence-corrected chi connectivity index (χ1v) is 11.5. The van der Waals surface area contributed by atoms with Crippen LogP contribution in [-0.4, -0.2) is 8.07 Å². The van der Waals surface area contributed by atoms with Gasteiger partial charge in [-0.3, -0.25) is 12.2 Å². The summed E-state index contributed by atoms with van der Waals surface area (Å²) in [7, 11) is -1.02. The van der Waals surface area contributed by atoms with Crippen LogP contribution in [0.4, 0.5) is 0 Å². The van der Waals surface area contributed by atoms with Crippen molar-refractivity contribution in [1.82, 2.24) is 0 Å². The van der Waals surface area contributed by atoms with E-state index >= 15 is 0 Å². The van der Waals surface area contributed by atoms with Gasteiger partial charge in [-0.1, -0.05) is 68.1 Å². The first kappa shape index (κ1) is 25.1. The molecule has 1 unspecified atom stereocenters. The molecule has 132 valence electrons. The van der Waals surface area contributed by atoms with Gasteiger partial charge in [0.15, 0.2) is 0 Å². The van der Waals surface area contributed by atoms with Crippen molar-refractivity contribution in [2.75, 3.05) is 0 Å². The molecule has 1 saturated heterocycles. The summed E-state index contributed by atoms with van der Waals surface area (Å²) in [5.41, 5.74) is 3.75. The van der Waals surface area contributed by atoms with Gasteiger partial charge in [0, 0.05) is 8.07 Å². The Labute approximate surface area is 186 Å². The summed E-state index contributed by atoms with van der Waals surface area (Å²) < 4.78 is 0. The third kappa shape index (κ3) is 6.06. The molecule has 0 N–H and O–H groups in total. The summed E-state index contributed by atoms with van der Waals surface area (Å²) in [6.07, 6.45) is 20.2. The van der Waals surface area contributed by atoms with Gasteiger partial charge in [-0.2, -0.15) is 11.6 Å². The molecule has 0 radical (unpaired) electrons. The van der Waals surface area contributed by atoms with Crippen molar-refractivity contribution in [3.05, 3.63) is 65.8 Å². The summed E-state index contributed by atoms with van der Waals surface area (Å²) in [5, 5.41) is 0. The summed E-state index contributed by atoms with van der Waals surface area (Å²) in [6.45, 7) is 2.32. The van der Waals surface area contributed by atoms with Crippen molar-refractivity contribution in [2.45, 2.75) is 56.3 Å². The molecule has 1 aliphatic heterocycles. The summed E-state index contributed by atoms with van der Waals surface area (Å²) >= 11 is 0. The van der Waals surface area contributed by atoms with Gasteiger partial charge >= 0.3 is 26.2 Å². The van der Waals surface area contributed by atoms with E-state index in [0.29, 0.717) is 0 Å². The number of halogens is 2. The van der Waals surface area contributed by atoms with Crippen molar-refractivity contribution >= 4 is 14.1 Å². The van der Waals surface area contributed by atoms with Crippen molar-refractivity contribution in [1.29, 1.82) is 0 Å². The molecule has 0 aromatic heterocycles. The van der Waals surface area contributed by atoms with E-state index in [-0.39, 0.29) is 51.0 Å². The van der Waals surface area contributed by atoms with Gasteiger partial charge in [0.05, 0.1) is 0 Å². The first-order valence-electron chi connectivity index (χ1n) is 8.76. The predicted molar refractivity (Wildman–Crippen MR) is 98.2 cm³/mol. The largest absolute Gasteiger partial charge is 4.00 e. The number of hydrogen-bond donors (Lipinski definition) is 0. The van der Waals surface area contributed by atoms with Crippen molar-refractivity contribution < 1.29 is 51.0 Å². The zero-order valence-corrected chi connectivity index (χ0v) is 19.9. The quantitative estimate of drug-likeness (QED) is 0.435. The second kappa shape index (κ2) is 12.5. The van der Waals surface area contributed by atoms with Crippen LogP contribution in [0.1, 0.15) is 49.3 Å². The Morgan fingerprint density at radius 2 is 1.92 bits per heavy atom. The maximum atomic E-state index is 3.71. The fourth-order valence-corrected chi connectivity index (χ4v) is 8.90. The van der Waals surface area contributed by atoms with E-state index in [4.69, 9.17) is 0 Å². The van der Waals surface area contributed by atoms with Gasteiger partial charge in [0.25, 0.3) is 0 Å². The zero-order chi connectivity index (χ0) is 15.3. The predicted octanol–water partition coefficient (Wildman–Crippen LogP) is 0.103. The maximum Gasteiger partial charge on any atom is 4.00 e. The van der Waals surface area contributed by atoms with Gasteiger partial charge in [0.1, 0.15) is 0 Å². The topological polar surface area (TPSA) is 0 Å². The zero-order valence-electron chi connectivity index (χ0n) is 14.9. The molecular formula is C21H26Cl2SiZr. The smallest absolute Gasteiger partial charge is 1.00 e.